The first-order chi connectivity index (χ1) is 18.3. The summed E-state index contributed by atoms with van der Waals surface area (Å²) in [5.74, 6) is -3.44. The van der Waals surface area contributed by atoms with Gasteiger partial charge in [0.15, 0.2) is 23.2 Å². The lowest BCUT2D eigenvalue weighted by Gasteiger charge is -2.32. The molecule has 38 heavy (non-hydrogen) atoms. The Morgan fingerprint density at radius 2 is 1.34 bits per heavy atom. The van der Waals surface area contributed by atoms with Crippen molar-refractivity contribution in [2.75, 3.05) is 6.61 Å². The largest absolute Gasteiger partial charge is 0.491 e. The van der Waals surface area contributed by atoms with Crippen molar-refractivity contribution in [1.29, 1.82) is 0 Å². The highest BCUT2D eigenvalue weighted by atomic mass is 19.2. The zero-order chi connectivity index (χ0) is 27.2. The lowest BCUT2D eigenvalue weighted by atomic mass is 9.76. The average molecular weight is 537 g/mol. The topological polar surface area (TPSA) is 38.7 Å². The zero-order valence-electron chi connectivity index (χ0n) is 22.5. The minimum Gasteiger partial charge on any atom is -0.491 e. The van der Waals surface area contributed by atoms with Gasteiger partial charge in [-0.1, -0.05) is 31.5 Å². The first-order valence-electron chi connectivity index (χ1n) is 14.2. The van der Waals surface area contributed by atoms with Crippen LogP contribution >= 0.6 is 0 Å². The maximum Gasteiger partial charge on any atom is 0.200 e. The molecule has 2 aliphatic rings. The van der Waals surface area contributed by atoms with E-state index in [-0.39, 0.29) is 54.5 Å². The van der Waals surface area contributed by atoms with Crippen LogP contribution in [-0.2, 0) is 11.3 Å². The molecule has 0 aromatic heterocycles. The van der Waals surface area contributed by atoms with Crippen molar-refractivity contribution in [1.82, 2.24) is 0 Å². The van der Waals surface area contributed by atoms with Crippen molar-refractivity contribution in [3.05, 3.63) is 64.2 Å². The van der Waals surface area contributed by atoms with E-state index in [4.69, 9.17) is 9.47 Å². The van der Waals surface area contributed by atoms with E-state index in [1.54, 1.807) is 25.1 Å². The van der Waals surface area contributed by atoms with Crippen molar-refractivity contribution >= 4 is 0 Å². The Labute approximate surface area is 223 Å². The van der Waals surface area contributed by atoms with Gasteiger partial charge in [0, 0.05) is 5.56 Å². The molecule has 2 aliphatic carbocycles. The van der Waals surface area contributed by atoms with Crippen LogP contribution in [0.3, 0.4) is 0 Å². The predicted molar refractivity (Wildman–Crippen MR) is 139 cm³/mol. The number of hydrogen-bond donors (Lipinski definition) is 1. The van der Waals surface area contributed by atoms with Crippen molar-refractivity contribution in [3.63, 3.8) is 0 Å². The standard InChI is InChI=1S/C31H40F4O3/c1-3-5-26(36)21-8-6-19(7-9-21)24-15-12-22(28(32)29(24)33)18-38-23-13-10-20(11-14-23)25-16-17-27(37-4-2)31(35)30(25)34/h12,15-17,19-21,23,26,36H,3-11,13-14,18H2,1-2H3. The molecule has 3 nitrogen and oxygen atoms in total. The fourth-order valence-corrected chi connectivity index (χ4v) is 6.25. The minimum absolute atomic E-state index is 0.0274. The van der Waals surface area contributed by atoms with Crippen molar-refractivity contribution in [2.45, 2.75) is 109 Å². The molecule has 210 valence electrons. The van der Waals surface area contributed by atoms with E-state index in [1.807, 2.05) is 0 Å². The molecule has 1 atom stereocenters. The third-order valence-corrected chi connectivity index (χ3v) is 8.50. The van der Waals surface area contributed by atoms with E-state index in [0.29, 0.717) is 36.8 Å². The van der Waals surface area contributed by atoms with Crippen molar-refractivity contribution < 1.29 is 32.1 Å². The summed E-state index contributed by atoms with van der Waals surface area (Å²) < 4.78 is 69.9. The van der Waals surface area contributed by atoms with Crippen LogP contribution in [0.5, 0.6) is 5.75 Å². The molecule has 7 heteroatoms. The van der Waals surface area contributed by atoms with E-state index in [9.17, 15) is 18.3 Å². The number of ether oxygens (including phenoxy) is 2. The van der Waals surface area contributed by atoms with Gasteiger partial charge in [0.2, 0.25) is 5.82 Å². The van der Waals surface area contributed by atoms with Crippen LogP contribution in [0.25, 0.3) is 0 Å². The van der Waals surface area contributed by atoms with Crippen LogP contribution < -0.4 is 4.74 Å². The van der Waals surface area contributed by atoms with E-state index >= 15 is 4.39 Å². The first kappa shape index (κ1) is 28.9. The third-order valence-electron chi connectivity index (χ3n) is 8.50. The predicted octanol–water partition coefficient (Wildman–Crippen LogP) is 8.32. The first-order valence-corrected chi connectivity index (χ1v) is 14.2. The summed E-state index contributed by atoms with van der Waals surface area (Å²) in [6, 6.07) is 6.37. The Morgan fingerprint density at radius 1 is 0.763 bits per heavy atom. The van der Waals surface area contributed by atoms with Gasteiger partial charge in [-0.05, 0) is 99.7 Å². The fourth-order valence-electron chi connectivity index (χ4n) is 6.25. The molecule has 2 saturated carbocycles. The zero-order valence-corrected chi connectivity index (χ0v) is 22.5. The van der Waals surface area contributed by atoms with Gasteiger partial charge >= 0.3 is 0 Å². The second-order valence-electron chi connectivity index (χ2n) is 10.9. The van der Waals surface area contributed by atoms with Crippen LogP contribution in [0.2, 0.25) is 0 Å². The normalized spacial score (nSPS) is 24.8. The molecule has 0 bridgehead atoms. The maximum atomic E-state index is 15.0. The number of hydrogen-bond acceptors (Lipinski definition) is 3. The lowest BCUT2D eigenvalue weighted by molar-refractivity contribution is 0.0116. The van der Waals surface area contributed by atoms with Crippen molar-refractivity contribution in [3.8, 4) is 5.75 Å². The van der Waals surface area contributed by atoms with Gasteiger partial charge < -0.3 is 14.6 Å². The molecule has 0 radical (unpaired) electrons. The molecule has 2 fully saturated rings. The maximum absolute atomic E-state index is 15.0. The summed E-state index contributed by atoms with van der Waals surface area (Å²) in [6.07, 6.45) is 6.94. The van der Waals surface area contributed by atoms with Gasteiger partial charge in [0.25, 0.3) is 0 Å². The van der Waals surface area contributed by atoms with Crippen molar-refractivity contribution in [2.24, 2.45) is 5.92 Å². The van der Waals surface area contributed by atoms with Crippen LogP contribution in [0.1, 0.15) is 107 Å². The highest BCUT2D eigenvalue weighted by Gasteiger charge is 2.30. The molecular weight excluding hydrogens is 496 g/mol. The molecule has 4 rings (SSSR count). The Morgan fingerprint density at radius 3 is 1.95 bits per heavy atom. The Kier molecular flexibility index (Phi) is 10.1. The number of aliphatic hydroxyl groups is 1. The van der Waals surface area contributed by atoms with Gasteiger partial charge in [0.1, 0.15) is 0 Å². The van der Waals surface area contributed by atoms with Gasteiger partial charge in [-0.25, -0.2) is 13.2 Å². The molecule has 2 aromatic rings. The number of aliphatic hydroxyl groups excluding tert-OH is 1. The Hall–Kier alpha value is -2.12. The van der Waals surface area contributed by atoms with E-state index < -0.39 is 23.3 Å². The van der Waals surface area contributed by atoms with Crippen LogP contribution in [-0.4, -0.2) is 23.9 Å². The quantitative estimate of drug-likeness (QED) is 0.310. The fraction of sp³-hybridized carbons (Fsp3) is 0.613. The highest BCUT2D eigenvalue weighted by Crippen LogP contribution is 2.40. The van der Waals surface area contributed by atoms with E-state index in [1.165, 1.54) is 6.07 Å². The number of benzene rings is 2. The molecule has 1 N–H and O–H groups in total. The van der Waals surface area contributed by atoms with Crippen LogP contribution in [0, 0.1) is 29.2 Å². The van der Waals surface area contributed by atoms with Gasteiger partial charge in [-0.3, -0.25) is 0 Å². The Balaban J connectivity index is 1.29. The molecule has 0 heterocycles. The number of halogens is 4. The molecule has 2 aromatic carbocycles. The van der Waals surface area contributed by atoms with Gasteiger partial charge in [-0.2, -0.15) is 4.39 Å². The monoisotopic (exact) mass is 536 g/mol. The second-order valence-corrected chi connectivity index (χ2v) is 10.9. The highest BCUT2D eigenvalue weighted by molar-refractivity contribution is 5.33. The molecule has 1 unspecified atom stereocenters. The molecule has 0 spiro atoms. The molecule has 0 amide bonds. The summed E-state index contributed by atoms with van der Waals surface area (Å²) in [7, 11) is 0. The molecule has 0 saturated heterocycles. The third kappa shape index (κ3) is 6.53. The summed E-state index contributed by atoms with van der Waals surface area (Å²) in [5.41, 5.74) is 0.960. The van der Waals surface area contributed by atoms with E-state index in [0.717, 1.165) is 38.5 Å². The summed E-state index contributed by atoms with van der Waals surface area (Å²) >= 11 is 0. The smallest absolute Gasteiger partial charge is 0.200 e. The van der Waals surface area contributed by atoms with E-state index in [2.05, 4.69) is 6.92 Å². The Bertz CT molecular complexity index is 1060. The summed E-state index contributed by atoms with van der Waals surface area (Å²) in [4.78, 5) is 0. The molecular formula is C31H40F4O3. The van der Waals surface area contributed by atoms with Crippen LogP contribution in [0.4, 0.5) is 17.6 Å². The number of rotatable bonds is 10. The minimum atomic E-state index is -0.953. The second kappa shape index (κ2) is 13.3. The molecule has 0 aliphatic heterocycles. The van der Waals surface area contributed by atoms with Gasteiger partial charge in [-0.15, -0.1) is 0 Å². The average Bonchev–Trinajstić information content (AvgIpc) is 2.93. The van der Waals surface area contributed by atoms with Gasteiger partial charge in [0.05, 0.1) is 25.4 Å². The van der Waals surface area contributed by atoms with Crippen LogP contribution in [0.15, 0.2) is 24.3 Å². The lowest BCUT2D eigenvalue weighted by Crippen LogP contribution is -2.25. The SMILES string of the molecule is CCCC(O)C1CCC(c2ccc(COC3CCC(c4ccc(OCC)c(F)c4F)CC3)c(F)c2F)CC1. The summed E-state index contributed by atoms with van der Waals surface area (Å²) in [5, 5.41) is 10.3. The summed E-state index contributed by atoms with van der Waals surface area (Å²) in [6.45, 7) is 4.00.